The van der Waals surface area contributed by atoms with E-state index in [0.29, 0.717) is 23.5 Å². The van der Waals surface area contributed by atoms with Gasteiger partial charge in [-0.1, -0.05) is 12.1 Å². The Balaban J connectivity index is 2.47. The highest BCUT2D eigenvalue weighted by molar-refractivity contribution is 6.19. The molecular weight excluding hydrogens is 236 g/mol. The quantitative estimate of drug-likeness (QED) is 0.632. The number of esters is 1. The highest BCUT2D eigenvalue weighted by Crippen LogP contribution is 2.36. The van der Waals surface area contributed by atoms with Gasteiger partial charge in [0.1, 0.15) is 5.75 Å². The number of carbonyl (C=O) groups excluding carboxylic acids is 2. The summed E-state index contributed by atoms with van der Waals surface area (Å²) in [4.78, 5) is 23.6. The molecule has 1 aliphatic carbocycles. The van der Waals surface area contributed by atoms with E-state index in [0.717, 1.165) is 7.11 Å². The van der Waals surface area contributed by atoms with Gasteiger partial charge in [-0.25, -0.2) is 4.79 Å². The standard InChI is InChI=1S/C13H14O5/c1-3-18-10-6-4-5-8-9(10)7-13(16,11(8)14)12(15)17-2/h4-6,16H,3,7H2,1-2H3/t13-/m0/s1. The van der Waals surface area contributed by atoms with Crippen molar-refractivity contribution in [1.82, 2.24) is 0 Å². The maximum atomic E-state index is 12.1. The van der Waals surface area contributed by atoms with Gasteiger partial charge < -0.3 is 14.6 Å². The Morgan fingerprint density at radius 1 is 1.50 bits per heavy atom. The molecule has 1 aromatic carbocycles. The van der Waals surface area contributed by atoms with Gasteiger partial charge in [-0.3, -0.25) is 4.79 Å². The van der Waals surface area contributed by atoms with Gasteiger partial charge in [0.25, 0.3) is 0 Å². The van der Waals surface area contributed by atoms with E-state index in [-0.39, 0.29) is 6.42 Å². The third kappa shape index (κ3) is 1.67. The zero-order valence-electron chi connectivity index (χ0n) is 10.2. The summed E-state index contributed by atoms with van der Waals surface area (Å²) in [6.45, 7) is 2.27. The summed E-state index contributed by atoms with van der Waals surface area (Å²) in [6.07, 6.45) is -0.107. The molecule has 96 valence electrons. The average Bonchev–Trinajstić information content (AvgIpc) is 2.64. The number of carbonyl (C=O) groups is 2. The molecule has 1 aromatic rings. The molecule has 5 nitrogen and oxygen atoms in total. The van der Waals surface area contributed by atoms with Crippen LogP contribution in [0, 0.1) is 0 Å². The molecule has 0 saturated heterocycles. The normalized spacial score (nSPS) is 21.6. The first kappa shape index (κ1) is 12.6. The lowest BCUT2D eigenvalue weighted by Gasteiger charge is -2.16. The van der Waals surface area contributed by atoms with Gasteiger partial charge in [-0.15, -0.1) is 0 Å². The van der Waals surface area contributed by atoms with E-state index in [4.69, 9.17) is 4.74 Å². The lowest BCUT2D eigenvalue weighted by atomic mass is 10.00. The highest BCUT2D eigenvalue weighted by atomic mass is 16.5. The minimum absolute atomic E-state index is 0.107. The zero-order chi connectivity index (χ0) is 13.3. The molecule has 0 unspecified atom stereocenters. The molecule has 0 saturated carbocycles. The fourth-order valence-electron chi connectivity index (χ4n) is 2.14. The van der Waals surface area contributed by atoms with Gasteiger partial charge in [-0.2, -0.15) is 0 Å². The van der Waals surface area contributed by atoms with Crippen molar-refractivity contribution in [1.29, 1.82) is 0 Å². The Morgan fingerprint density at radius 3 is 2.83 bits per heavy atom. The van der Waals surface area contributed by atoms with Gasteiger partial charge in [0, 0.05) is 17.5 Å². The Kier molecular flexibility index (Phi) is 3.09. The topological polar surface area (TPSA) is 72.8 Å². The van der Waals surface area contributed by atoms with Crippen LogP contribution in [0.4, 0.5) is 0 Å². The average molecular weight is 250 g/mol. The predicted octanol–water partition coefficient (Wildman–Crippen LogP) is 0.728. The van der Waals surface area contributed by atoms with Crippen LogP contribution in [0.2, 0.25) is 0 Å². The van der Waals surface area contributed by atoms with Crippen molar-refractivity contribution in [2.75, 3.05) is 13.7 Å². The molecule has 5 heteroatoms. The van der Waals surface area contributed by atoms with E-state index in [1.165, 1.54) is 0 Å². The number of methoxy groups -OCH3 is 1. The fourth-order valence-corrected chi connectivity index (χ4v) is 2.14. The third-order valence-corrected chi connectivity index (χ3v) is 3.01. The van der Waals surface area contributed by atoms with Crippen LogP contribution in [0.3, 0.4) is 0 Å². The Morgan fingerprint density at radius 2 is 2.22 bits per heavy atom. The molecule has 1 N–H and O–H groups in total. The van der Waals surface area contributed by atoms with Crippen LogP contribution in [0.5, 0.6) is 5.75 Å². The summed E-state index contributed by atoms with van der Waals surface area (Å²) < 4.78 is 9.88. The van der Waals surface area contributed by atoms with Gasteiger partial charge in [0.05, 0.1) is 13.7 Å². The maximum absolute atomic E-state index is 12.1. The number of hydrogen-bond acceptors (Lipinski definition) is 5. The number of ketones is 1. The molecule has 1 atom stereocenters. The van der Waals surface area contributed by atoms with Crippen molar-refractivity contribution in [2.24, 2.45) is 0 Å². The number of aliphatic hydroxyl groups is 1. The second-order valence-electron chi connectivity index (χ2n) is 4.07. The first-order chi connectivity index (χ1) is 8.54. The number of benzene rings is 1. The SMILES string of the molecule is CCOc1cccc2c1C[C@@](O)(C(=O)OC)C2=O. The van der Waals surface area contributed by atoms with Crippen LogP contribution in [-0.4, -0.2) is 36.2 Å². The van der Waals surface area contributed by atoms with Gasteiger partial charge in [0.2, 0.25) is 11.4 Å². The summed E-state index contributed by atoms with van der Waals surface area (Å²) in [7, 11) is 1.14. The molecule has 0 heterocycles. The number of rotatable bonds is 3. The molecule has 0 fully saturated rings. The summed E-state index contributed by atoms with van der Waals surface area (Å²) in [5.74, 6) is -1.06. The lowest BCUT2D eigenvalue weighted by molar-refractivity contribution is -0.156. The van der Waals surface area contributed by atoms with Crippen LogP contribution in [0.15, 0.2) is 18.2 Å². The maximum Gasteiger partial charge on any atom is 0.346 e. The third-order valence-electron chi connectivity index (χ3n) is 3.01. The van der Waals surface area contributed by atoms with Crippen LogP contribution in [-0.2, 0) is 16.0 Å². The van der Waals surface area contributed by atoms with Crippen LogP contribution >= 0.6 is 0 Å². The summed E-state index contributed by atoms with van der Waals surface area (Å²) in [5, 5.41) is 10.2. The van der Waals surface area contributed by atoms with E-state index in [1.807, 2.05) is 6.92 Å². The molecule has 0 bridgehead atoms. The van der Waals surface area contributed by atoms with Crippen molar-refractivity contribution >= 4 is 11.8 Å². The van der Waals surface area contributed by atoms with Gasteiger partial charge in [-0.05, 0) is 13.0 Å². The molecular formula is C13H14O5. The first-order valence-electron chi connectivity index (χ1n) is 5.65. The Bertz CT molecular complexity index is 508. The van der Waals surface area contributed by atoms with Gasteiger partial charge in [0.15, 0.2) is 0 Å². The smallest absolute Gasteiger partial charge is 0.346 e. The van der Waals surface area contributed by atoms with Gasteiger partial charge >= 0.3 is 5.97 Å². The second kappa shape index (κ2) is 4.42. The Labute approximate surface area is 104 Å². The number of Topliss-reactive ketones (excluding diaryl/α,β-unsaturated/α-hetero) is 1. The number of hydrogen-bond donors (Lipinski definition) is 1. The monoisotopic (exact) mass is 250 g/mol. The largest absolute Gasteiger partial charge is 0.494 e. The van der Waals surface area contributed by atoms with Crippen molar-refractivity contribution in [3.8, 4) is 5.75 Å². The molecule has 0 aliphatic heterocycles. The molecule has 1 aliphatic rings. The fraction of sp³-hybridized carbons (Fsp3) is 0.385. The number of fused-ring (bicyclic) bond motifs is 1. The molecule has 0 radical (unpaired) electrons. The van der Waals surface area contributed by atoms with Crippen LogP contribution < -0.4 is 4.74 Å². The van der Waals surface area contributed by atoms with E-state index in [2.05, 4.69) is 4.74 Å². The Hall–Kier alpha value is -1.88. The molecule has 0 spiro atoms. The van der Waals surface area contributed by atoms with E-state index < -0.39 is 17.4 Å². The van der Waals surface area contributed by atoms with E-state index >= 15 is 0 Å². The highest BCUT2D eigenvalue weighted by Gasteiger charge is 2.52. The zero-order valence-corrected chi connectivity index (χ0v) is 10.2. The molecule has 2 rings (SSSR count). The summed E-state index contributed by atoms with van der Waals surface area (Å²) >= 11 is 0. The second-order valence-corrected chi connectivity index (χ2v) is 4.07. The van der Waals surface area contributed by atoms with E-state index in [9.17, 15) is 14.7 Å². The number of ether oxygens (including phenoxy) is 2. The summed E-state index contributed by atoms with van der Waals surface area (Å²) in [6, 6.07) is 4.93. The predicted molar refractivity (Wildman–Crippen MR) is 62.6 cm³/mol. The van der Waals surface area contributed by atoms with Crippen molar-refractivity contribution in [3.05, 3.63) is 29.3 Å². The minimum atomic E-state index is -2.12. The van der Waals surface area contributed by atoms with Crippen molar-refractivity contribution in [2.45, 2.75) is 18.9 Å². The van der Waals surface area contributed by atoms with E-state index in [1.54, 1.807) is 18.2 Å². The van der Waals surface area contributed by atoms with Crippen molar-refractivity contribution in [3.63, 3.8) is 0 Å². The first-order valence-corrected chi connectivity index (χ1v) is 5.65. The van der Waals surface area contributed by atoms with Crippen molar-refractivity contribution < 1.29 is 24.2 Å². The molecule has 18 heavy (non-hydrogen) atoms. The lowest BCUT2D eigenvalue weighted by Crippen LogP contribution is -2.45. The molecule has 0 aromatic heterocycles. The minimum Gasteiger partial charge on any atom is -0.494 e. The van der Waals surface area contributed by atoms with Crippen LogP contribution in [0.1, 0.15) is 22.8 Å². The van der Waals surface area contributed by atoms with Crippen LogP contribution in [0.25, 0.3) is 0 Å². The molecule has 0 amide bonds. The summed E-state index contributed by atoms with van der Waals surface area (Å²) in [5.41, 5.74) is -1.25.